The number of hydrogen-bond donors (Lipinski definition) is 2. The van der Waals surface area contributed by atoms with Crippen molar-refractivity contribution in [2.75, 3.05) is 18.5 Å². The molecule has 10 nitrogen and oxygen atoms in total. The fraction of sp³-hybridized carbons (Fsp3) is 0.541. The molecule has 1 aliphatic carbocycles. The summed E-state index contributed by atoms with van der Waals surface area (Å²) in [7, 11) is 0. The number of hydrogen-bond acceptors (Lipinski definition) is 7. The van der Waals surface area contributed by atoms with Crippen LogP contribution in [0.3, 0.4) is 0 Å². The zero-order valence-electron chi connectivity index (χ0n) is 29.7. The second kappa shape index (κ2) is 15.8. The predicted octanol–water partition coefficient (Wildman–Crippen LogP) is 5.75. The van der Waals surface area contributed by atoms with Crippen molar-refractivity contribution in [2.24, 2.45) is 11.8 Å². The highest BCUT2D eigenvalue weighted by molar-refractivity contribution is 6.39. The summed E-state index contributed by atoms with van der Waals surface area (Å²) in [4.78, 5) is 68.2. The lowest BCUT2D eigenvalue weighted by atomic mass is 9.71. The van der Waals surface area contributed by atoms with E-state index in [4.69, 9.17) is 9.47 Å². The molecule has 2 unspecified atom stereocenters. The maximum absolute atomic E-state index is 14.2. The third kappa shape index (κ3) is 9.65. The Labute approximate surface area is 294 Å². The molecular formula is C37H45F4N3O7. The number of Topliss-reactive ketones (excluding diaryl/α,β-unsaturated/α-hetero) is 1. The first-order valence-electron chi connectivity index (χ1n) is 17.0. The van der Waals surface area contributed by atoms with Crippen LogP contribution in [0.4, 0.5) is 23.2 Å². The summed E-state index contributed by atoms with van der Waals surface area (Å²) in [5, 5.41) is 5.32. The summed E-state index contributed by atoms with van der Waals surface area (Å²) < 4.78 is 66.0. The number of nitrogens with zero attached hydrogens (tertiary/aromatic N) is 1. The average molecular weight is 720 g/mol. The van der Waals surface area contributed by atoms with Gasteiger partial charge in [0.05, 0.1) is 6.42 Å². The summed E-state index contributed by atoms with van der Waals surface area (Å²) in [6, 6.07) is 5.18. The first-order valence-corrected chi connectivity index (χ1v) is 17.0. The molecule has 1 saturated heterocycles. The Bertz CT molecular complexity index is 1640. The number of likely N-dealkylation sites (tertiary alicyclic amines) is 1. The van der Waals surface area contributed by atoms with E-state index in [1.54, 1.807) is 32.9 Å². The number of ketones is 1. The second-order valence-corrected chi connectivity index (χ2v) is 15.1. The molecule has 4 atom stereocenters. The van der Waals surface area contributed by atoms with E-state index in [0.717, 1.165) is 18.4 Å². The summed E-state index contributed by atoms with van der Waals surface area (Å²) >= 11 is 0. The Morgan fingerprint density at radius 2 is 1.53 bits per heavy atom. The highest BCUT2D eigenvalue weighted by Crippen LogP contribution is 2.40. The smallest absolute Gasteiger partial charge is 0.313 e. The largest absolute Gasteiger partial charge is 0.479 e. The molecule has 278 valence electrons. The van der Waals surface area contributed by atoms with Gasteiger partial charge in [0, 0.05) is 30.3 Å². The average Bonchev–Trinajstić information content (AvgIpc) is 3.05. The number of amides is 3. The van der Waals surface area contributed by atoms with Crippen LogP contribution in [0.15, 0.2) is 30.3 Å². The number of fused-ring (bicyclic) bond motifs is 1. The van der Waals surface area contributed by atoms with Crippen molar-refractivity contribution in [3.8, 4) is 5.75 Å². The van der Waals surface area contributed by atoms with E-state index < -0.39 is 95.1 Å². The van der Waals surface area contributed by atoms with Gasteiger partial charge in [0.15, 0.2) is 23.2 Å². The number of carbonyl (C=O) groups is 5. The maximum Gasteiger partial charge on any atom is 0.313 e. The van der Waals surface area contributed by atoms with Crippen molar-refractivity contribution >= 4 is 35.2 Å². The number of benzene rings is 2. The standard InChI is InChI=1S/C37H45F4N3O7/c1-36(2,3)22-12-8-9-13-25(22)42-34(48)35(49)44-16-15-21(20-11-7-10-14-27(20)44)33(47)43-26(18-29(46)51-37(4,5)6)28(45)19-50-32-30(40)23(38)17-24(39)31(32)41/h8-9,12-13,17,20-21,26-27H,7,10-11,14-16,18-19H2,1-6H3,(H,42,48)(H,43,47)/t20?,21-,26-,27?/m0/s1. The van der Waals surface area contributed by atoms with Gasteiger partial charge in [0.25, 0.3) is 0 Å². The monoisotopic (exact) mass is 719 g/mol. The summed E-state index contributed by atoms with van der Waals surface area (Å²) in [5.74, 6) is -13.8. The maximum atomic E-state index is 14.2. The van der Waals surface area contributed by atoms with Crippen molar-refractivity contribution in [3.63, 3.8) is 0 Å². The van der Waals surface area contributed by atoms with Crippen LogP contribution in [-0.2, 0) is 34.1 Å². The van der Waals surface area contributed by atoms with Crippen LogP contribution in [0.2, 0.25) is 0 Å². The molecule has 14 heteroatoms. The third-order valence-electron chi connectivity index (χ3n) is 9.08. The van der Waals surface area contributed by atoms with Crippen LogP contribution < -0.4 is 15.4 Å². The lowest BCUT2D eigenvalue weighted by Crippen LogP contribution is -2.58. The van der Waals surface area contributed by atoms with Gasteiger partial charge in [-0.3, -0.25) is 24.0 Å². The number of piperidine rings is 1. The molecule has 4 rings (SSSR count). The molecule has 2 aromatic carbocycles. The zero-order valence-corrected chi connectivity index (χ0v) is 29.7. The second-order valence-electron chi connectivity index (χ2n) is 15.1. The Balaban J connectivity index is 1.50. The van der Waals surface area contributed by atoms with Crippen LogP contribution >= 0.6 is 0 Å². The number of esters is 1. The number of anilines is 1. The zero-order chi connectivity index (χ0) is 37.8. The minimum Gasteiger partial charge on any atom is -0.479 e. The van der Waals surface area contributed by atoms with Gasteiger partial charge in [-0.05, 0) is 63.0 Å². The predicted molar refractivity (Wildman–Crippen MR) is 179 cm³/mol. The number of halogens is 4. The van der Waals surface area contributed by atoms with E-state index in [1.165, 1.54) is 4.90 Å². The van der Waals surface area contributed by atoms with Gasteiger partial charge < -0.3 is 25.0 Å². The topological polar surface area (TPSA) is 131 Å². The fourth-order valence-electron chi connectivity index (χ4n) is 6.78. The Hall–Kier alpha value is -4.49. The number of ether oxygens (including phenoxy) is 2. The molecule has 0 aromatic heterocycles. The number of rotatable bonds is 9. The molecule has 0 bridgehead atoms. The summed E-state index contributed by atoms with van der Waals surface area (Å²) in [6.45, 7) is 9.69. The molecule has 2 N–H and O–H groups in total. The van der Waals surface area contributed by atoms with E-state index in [0.29, 0.717) is 18.5 Å². The van der Waals surface area contributed by atoms with Gasteiger partial charge >= 0.3 is 17.8 Å². The van der Waals surface area contributed by atoms with Gasteiger partial charge in [0.1, 0.15) is 18.2 Å². The quantitative estimate of drug-likeness (QED) is 0.146. The summed E-state index contributed by atoms with van der Waals surface area (Å²) in [5.41, 5.74) is 0.129. The molecule has 1 heterocycles. The number of carbonyl (C=O) groups excluding carboxylic acids is 5. The minimum atomic E-state index is -1.86. The highest BCUT2D eigenvalue weighted by atomic mass is 19.2. The Morgan fingerprint density at radius 3 is 2.16 bits per heavy atom. The van der Waals surface area contributed by atoms with Crippen molar-refractivity contribution in [1.82, 2.24) is 10.2 Å². The van der Waals surface area contributed by atoms with E-state index in [1.807, 2.05) is 32.9 Å². The van der Waals surface area contributed by atoms with Gasteiger partial charge in [-0.1, -0.05) is 51.8 Å². The molecule has 0 radical (unpaired) electrons. The molecule has 2 aliphatic rings. The SMILES string of the molecule is CC(C)(C)OC(=O)C[C@H](NC(=O)[C@H]1CCN(C(=O)C(=O)Nc2ccccc2C(C)(C)C)C2CCCCC21)C(=O)COc1c(F)c(F)cc(F)c1F. The highest BCUT2D eigenvalue weighted by Gasteiger charge is 2.46. The molecule has 2 aromatic rings. The first kappa shape index (κ1) is 39.3. The van der Waals surface area contributed by atoms with Crippen LogP contribution in [-0.4, -0.2) is 65.2 Å². The molecule has 2 fully saturated rings. The van der Waals surface area contributed by atoms with E-state index in [9.17, 15) is 41.5 Å². The van der Waals surface area contributed by atoms with Gasteiger partial charge in [-0.15, -0.1) is 0 Å². The molecule has 3 amide bonds. The van der Waals surface area contributed by atoms with E-state index in [2.05, 4.69) is 10.6 Å². The fourth-order valence-corrected chi connectivity index (χ4v) is 6.78. The van der Waals surface area contributed by atoms with E-state index >= 15 is 0 Å². The van der Waals surface area contributed by atoms with Gasteiger partial charge in [-0.2, -0.15) is 8.78 Å². The summed E-state index contributed by atoms with van der Waals surface area (Å²) in [6.07, 6.45) is 2.09. The van der Waals surface area contributed by atoms with Crippen molar-refractivity contribution in [2.45, 2.75) is 103 Å². The molecule has 1 saturated carbocycles. The van der Waals surface area contributed by atoms with Crippen molar-refractivity contribution < 1.29 is 51.0 Å². The third-order valence-corrected chi connectivity index (χ3v) is 9.08. The molecule has 1 aliphatic heterocycles. The Kier molecular flexibility index (Phi) is 12.2. The minimum absolute atomic E-state index is 0.0131. The first-order chi connectivity index (χ1) is 23.8. The lowest BCUT2D eigenvalue weighted by Gasteiger charge is -2.47. The van der Waals surface area contributed by atoms with Crippen LogP contribution in [0.25, 0.3) is 0 Å². The molecule has 0 spiro atoms. The normalized spacial score (nSPS) is 19.7. The lowest BCUT2D eigenvalue weighted by molar-refractivity contribution is -0.157. The number of nitrogens with one attached hydrogen (secondary N) is 2. The van der Waals surface area contributed by atoms with Crippen LogP contribution in [0, 0.1) is 35.1 Å². The van der Waals surface area contributed by atoms with Gasteiger partial charge in [0.2, 0.25) is 17.5 Å². The molecule has 51 heavy (non-hydrogen) atoms. The molecular weight excluding hydrogens is 674 g/mol. The Morgan fingerprint density at radius 1 is 0.902 bits per heavy atom. The van der Waals surface area contributed by atoms with E-state index in [-0.39, 0.29) is 30.4 Å². The van der Waals surface area contributed by atoms with Crippen LogP contribution in [0.1, 0.15) is 85.6 Å². The number of para-hydroxylation sites is 1. The van der Waals surface area contributed by atoms with Crippen molar-refractivity contribution in [1.29, 1.82) is 0 Å². The van der Waals surface area contributed by atoms with Crippen LogP contribution in [0.5, 0.6) is 5.75 Å². The van der Waals surface area contributed by atoms with Gasteiger partial charge in [-0.25, -0.2) is 8.78 Å². The van der Waals surface area contributed by atoms with Crippen molar-refractivity contribution in [3.05, 3.63) is 59.2 Å².